The molecule has 1 aromatic rings. The quantitative estimate of drug-likeness (QED) is 0.713. The summed E-state index contributed by atoms with van der Waals surface area (Å²) >= 11 is 5.67. The molecule has 1 aliphatic rings. The average Bonchev–Trinajstić information content (AvgIpc) is 2.90. The maximum Gasteiger partial charge on any atom is 0.141 e. The number of hydrogen-bond donors (Lipinski definition) is 0. The van der Waals surface area contributed by atoms with Gasteiger partial charge in [-0.3, -0.25) is 0 Å². The Kier molecular flexibility index (Phi) is 2.05. The van der Waals surface area contributed by atoms with Gasteiger partial charge in [0.15, 0.2) is 0 Å². The number of halogens is 2. The van der Waals surface area contributed by atoms with E-state index in [0.717, 1.165) is 18.4 Å². The van der Waals surface area contributed by atoms with Crippen LogP contribution in [0.25, 0.3) is 0 Å². The standard InChI is InChI=1S/C10H10ClFO/c1-13-10(4-5-10)7-2-3-9(12)8(11)6-7/h2-3,6H,4-5H2,1H3. The molecule has 13 heavy (non-hydrogen) atoms. The lowest BCUT2D eigenvalue weighted by atomic mass is 10.1. The Labute approximate surface area is 81.5 Å². The number of methoxy groups -OCH3 is 1. The van der Waals surface area contributed by atoms with Crippen molar-refractivity contribution >= 4 is 11.6 Å². The van der Waals surface area contributed by atoms with Gasteiger partial charge in [-0.2, -0.15) is 0 Å². The first-order valence-corrected chi connectivity index (χ1v) is 4.56. The van der Waals surface area contributed by atoms with Crippen LogP contribution in [-0.2, 0) is 10.3 Å². The maximum atomic E-state index is 12.8. The summed E-state index contributed by atoms with van der Waals surface area (Å²) in [5, 5.41) is 0.167. The zero-order valence-corrected chi connectivity index (χ0v) is 8.07. The Morgan fingerprint density at radius 2 is 2.15 bits per heavy atom. The second-order valence-corrected chi connectivity index (χ2v) is 3.73. The molecular weight excluding hydrogens is 191 g/mol. The van der Waals surface area contributed by atoms with E-state index in [2.05, 4.69) is 0 Å². The zero-order chi connectivity index (χ0) is 9.47. The molecule has 0 unspecified atom stereocenters. The third-order valence-corrected chi connectivity index (χ3v) is 2.83. The molecule has 0 bridgehead atoms. The van der Waals surface area contributed by atoms with Crippen molar-refractivity contribution in [3.05, 3.63) is 34.6 Å². The highest BCUT2D eigenvalue weighted by atomic mass is 35.5. The first kappa shape index (κ1) is 8.97. The van der Waals surface area contributed by atoms with Gasteiger partial charge in [-0.1, -0.05) is 17.7 Å². The molecule has 0 amide bonds. The first-order chi connectivity index (χ1) is 6.18. The Balaban J connectivity index is 2.37. The number of benzene rings is 1. The molecule has 0 N–H and O–H groups in total. The molecule has 0 aliphatic heterocycles. The monoisotopic (exact) mass is 200 g/mol. The summed E-state index contributed by atoms with van der Waals surface area (Å²) in [6, 6.07) is 4.77. The third kappa shape index (κ3) is 1.45. The van der Waals surface area contributed by atoms with E-state index >= 15 is 0 Å². The number of hydrogen-bond acceptors (Lipinski definition) is 1. The summed E-state index contributed by atoms with van der Waals surface area (Å²) in [5.74, 6) is -0.377. The van der Waals surface area contributed by atoms with Crippen molar-refractivity contribution in [2.45, 2.75) is 18.4 Å². The highest BCUT2D eigenvalue weighted by Gasteiger charge is 2.44. The Bertz CT molecular complexity index is 334. The van der Waals surface area contributed by atoms with Gasteiger partial charge in [-0.05, 0) is 30.5 Å². The van der Waals surface area contributed by atoms with E-state index < -0.39 is 0 Å². The lowest BCUT2D eigenvalue weighted by molar-refractivity contribution is 0.0789. The van der Waals surface area contributed by atoms with Crippen LogP contribution in [-0.4, -0.2) is 7.11 Å². The number of ether oxygens (including phenoxy) is 1. The largest absolute Gasteiger partial charge is 0.374 e. The van der Waals surface area contributed by atoms with Crippen LogP contribution in [0.5, 0.6) is 0 Å². The summed E-state index contributed by atoms with van der Waals surface area (Å²) in [7, 11) is 1.67. The highest BCUT2D eigenvalue weighted by molar-refractivity contribution is 6.30. The molecule has 1 aromatic carbocycles. The molecule has 0 saturated heterocycles. The Morgan fingerprint density at radius 3 is 2.62 bits per heavy atom. The van der Waals surface area contributed by atoms with Crippen LogP contribution in [0.15, 0.2) is 18.2 Å². The minimum atomic E-state index is -0.377. The highest BCUT2D eigenvalue weighted by Crippen LogP contribution is 2.49. The van der Waals surface area contributed by atoms with Crippen LogP contribution in [0.4, 0.5) is 4.39 Å². The maximum absolute atomic E-state index is 12.8. The first-order valence-electron chi connectivity index (χ1n) is 4.19. The molecule has 0 spiro atoms. The molecule has 1 nitrogen and oxygen atoms in total. The summed E-state index contributed by atoms with van der Waals surface area (Å²) in [5.41, 5.74) is 0.790. The van der Waals surface area contributed by atoms with Crippen molar-refractivity contribution in [3.63, 3.8) is 0 Å². The van der Waals surface area contributed by atoms with Gasteiger partial charge in [0.2, 0.25) is 0 Å². The second kappa shape index (κ2) is 2.96. The molecule has 0 aromatic heterocycles. The number of rotatable bonds is 2. The minimum absolute atomic E-state index is 0.167. The summed E-state index contributed by atoms with van der Waals surface area (Å²) in [6.45, 7) is 0. The molecule has 70 valence electrons. The van der Waals surface area contributed by atoms with Gasteiger partial charge in [0.05, 0.1) is 10.6 Å². The van der Waals surface area contributed by atoms with Gasteiger partial charge in [0.25, 0.3) is 0 Å². The van der Waals surface area contributed by atoms with E-state index in [-0.39, 0.29) is 16.4 Å². The van der Waals surface area contributed by atoms with Crippen molar-refractivity contribution in [3.8, 4) is 0 Å². The van der Waals surface area contributed by atoms with E-state index in [1.165, 1.54) is 6.07 Å². The fourth-order valence-electron chi connectivity index (χ4n) is 1.50. The molecule has 3 heteroatoms. The van der Waals surface area contributed by atoms with E-state index in [1.807, 2.05) is 0 Å². The summed E-state index contributed by atoms with van der Waals surface area (Å²) < 4.78 is 18.2. The van der Waals surface area contributed by atoms with Crippen molar-refractivity contribution in [1.82, 2.24) is 0 Å². The van der Waals surface area contributed by atoms with Gasteiger partial charge in [-0.15, -0.1) is 0 Å². The van der Waals surface area contributed by atoms with Crippen molar-refractivity contribution in [1.29, 1.82) is 0 Å². The topological polar surface area (TPSA) is 9.23 Å². The summed E-state index contributed by atoms with van der Waals surface area (Å²) in [6.07, 6.45) is 1.98. The lowest BCUT2D eigenvalue weighted by Gasteiger charge is -2.13. The van der Waals surface area contributed by atoms with E-state index in [4.69, 9.17) is 16.3 Å². The second-order valence-electron chi connectivity index (χ2n) is 3.33. The fraction of sp³-hybridized carbons (Fsp3) is 0.400. The minimum Gasteiger partial charge on any atom is -0.374 e. The predicted octanol–water partition coefficient (Wildman–Crippen LogP) is 3.11. The average molecular weight is 201 g/mol. The molecule has 0 atom stereocenters. The summed E-state index contributed by atoms with van der Waals surface area (Å²) in [4.78, 5) is 0. The van der Waals surface area contributed by atoms with Crippen LogP contribution in [0, 0.1) is 5.82 Å². The normalized spacial score (nSPS) is 18.7. The van der Waals surface area contributed by atoms with Crippen molar-refractivity contribution in [2.75, 3.05) is 7.11 Å². The Hall–Kier alpha value is -0.600. The molecular formula is C10H10ClFO. The van der Waals surface area contributed by atoms with Crippen molar-refractivity contribution in [2.24, 2.45) is 0 Å². The molecule has 0 heterocycles. The van der Waals surface area contributed by atoms with Crippen LogP contribution in [0.3, 0.4) is 0 Å². The van der Waals surface area contributed by atoms with Gasteiger partial charge >= 0.3 is 0 Å². The van der Waals surface area contributed by atoms with Crippen LogP contribution in [0.1, 0.15) is 18.4 Å². The molecule has 1 saturated carbocycles. The molecule has 2 rings (SSSR count). The molecule has 0 radical (unpaired) electrons. The van der Waals surface area contributed by atoms with E-state index in [9.17, 15) is 4.39 Å². The smallest absolute Gasteiger partial charge is 0.141 e. The van der Waals surface area contributed by atoms with Crippen LogP contribution >= 0.6 is 11.6 Å². The van der Waals surface area contributed by atoms with E-state index in [1.54, 1.807) is 19.2 Å². The van der Waals surface area contributed by atoms with Crippen molar-refractivity contribution < 1.29 is 9.13 Å². The fourth-order valence-corrected chi connectivity index (χ4v) is 1.68. The SMILES string of the molecule is COC1(c2ccc(F)c(Cl)c2)CC1. The van der Waals surface area contributed by atoms with Gasteiger partial charge in [-0.25, -0.2) is 4.39 Å². The Morgan fingerprint density at radius 1 is 1.46 bits per heavy atom. The van der Waals surface area contributed by atoms with Gasteiger partial charge < -0.3 is 4.74 Å². The predicted molar refractivity (Wildman–Crippen MR) is 49.3 cm³/mol. The van der Waals surface area contributed by atoms with Gasteiger partial charge in [0.1, 0.15) is 5.82 Å². The van der Waals surface area contributed by atoms with Crippen LogP contribution < -0.4 is 0 Å². The molecule has 1 fully saturated rings. The van der Waals surface area contributed by atoms with E-state index in [0.29, 0.717) is 0 Å². The zero-order valence-electron chi connectivity index (χ0n) is 7.31. The molecule has 1 aliphatic carbocycles. The van der Waals surface area contributed by atoms with Gasteiger partial charge in [0, 0.05) is 7.11 Å². The van der Waals surface area contributed by atoms with Crippen LogP contribution in [0.2, 0.25) is 5.02 Å². The third-order valence-electron chi connectivity index (χ3n) is 2.54. The lowest BCUT2D eigenvalue weighted by Crippen LogP contribution is -2.08.